The topological polar surface area (TPSA) is 74.0 Å². The van der Waals surface area contributed by atoms with E-state index in [1.54, 1.807) is 68.4 Å². The van der Waals surface area contributed by atoms with Gasteiger partial charge in [-0.2, -0.15) is 0 Å². The molecule has 0 aliphatic heterocycles. The third-order valence-electron chi connectivity index (χ3n) is 3.21. The van der Waals surface area contributed by atoms with E-state index >= 15 is 0 Å². The first-order valence-electron chi connectivity index (χ1n) is 7.77. The molecule has 0 bridgehead atoms. The van der Waals surface area contributed by atoms with Gasteiger partial charge in [0, 0.05) is 12.1 Å². The highest BCUT2D eigenvalue weighted by Gasteiger charge is 2.40. The molecule has 6 nitrogen and oxygen atoms in total. The molecule has 0 radical (unpaired) electrons. The number of hydrogen-bond acceptors (Lipinski definition) is 5. The molecule has 0 aromatic heterocycles. The molecule has 2 aromatic carbocycles. The monoisotopic (exact) mass is 348 g/mol. The van der Waals surface area contributed by atoms with Crippen molar-refractivity contribution in [2.75, 3.05) is 13.2 Å². The van der Waals surface area contributed by atoms with E-state index in [2.05, 4.69) is 5.11 Å². The average molecular weight is 348 g/mol. The second-order valence-electron chi connectivity index (χ2n) is 4.88. The Morgan fingerprint density at radius 2 is 1.50 bits per heavy atom. The molecule has 0 aliphatic rings. The van der Waals surface area contributed by atoms with Crippen LogP contribution in [0.3, 0.4) is 0 Å². The van der Waals surface area contributed by atoms with E-state index in [9.17, 15) is 9.77 Å². The molecule has 0 spiro atoms. The predicted molar refractivity (Wildman–Crippen MR) is 92.2 cm³/mol. The van der Waals surface area contributed by atoms with E-state index in [0.717, 1.165) is 0 Å². The van der Waals surface area contributed by atoms with Crippen LogP contribution in [0.25, 0.3) is 0 Å². The molecule has 0 amide bonds. The lowest BCUT2D eigenvalue weighted by molar-refractivity contribution is -0.444. The first-order valence-corrected chi connectivity index (χ1v) is 9.38. The molecular weight excluding hydrogens is 327 g/mol. The Morgan fingerprint density at radius 3 is 2.00 bits per heavy atom. The molecule has 1 unspecified atom stereocenters. The maximum Gasteiger partial charge on any atom is 0.365 e. The zero-order chi connectivity index (χ0) is 17.4. The highest BCUT2D eigenvalue weighted by Crippen LogP contribution is 2.61. The Morgan fingerprint density at radius 1 is 1.00 bits per heavy atom. The summed E-state index contributed by atoms with van der Waals surface area (Å²) < 4.78 is 24.0. The van der Waals surface area contributed by atoms with E-state index in [1.807, 2.05) is 6.07 Å². The molecule has 0 saturated heterocycles. The molecular formula is C17H21N2O4P. The van der Waals surface area contributed by atoms with E-state index in [4.69, 9.17) is 9.05 Å². The SMILES string of the molecule is CCOP(=O)(OCC)C(N=[N+]([O-])c1ccccc1)c1ccccc1. The van der Waals surface area contributed by atoms with Crippen LogP contribution in [0.1, 0.15) is 25.2 Å². The van der Waals surface area contributed by atoms with Crippen LogP contribution in [0.2, 0.25) is 0 Å². The summed E-state index contributed by atoms with van der Waals surface area (Å²) in [7, 11) is -3.63. The molecule has 0 N–H and O–H groups in total. The first kappa shape index (κ1) is 18.3. The Kier molecular flexibility index (Phi) is 6.67. The van der Waals surface area contributed by atoms with Crippen LogP contribution < -0.4 is 0 Å². The summed E-state index contributed by atoms with van der Waals surface area (Å²) in [6, 6.07) is 17.4. The summed E-state index contributed by atoms with van der Waals surface area (Å²) in [5, 5.41) is 16.5. The number of hydrogen-bond donors (Lipinski definition) is 0. The quantitative estimate of drug-likeness (QED) is 0.283. The number of nitrogens with zero attached hydrogens (tertiary/aromatic N) is 2. The van der Waals surface area contributed by atoms with Gasteiger partial charge < -0.3 is 14.3 Å². The van der Waals surface area contributed by atoms with E-state index in [1.165, 1.54) is 0 Å². The lowest BCUT2D eigenvalue weighted by Crippen LogP contribution is -2.07. The molecule has 0 aliphatic carbocycles. The highest BCUT2D eigenvalue weighted by atomic mass is 31.2. The van der Waals surface area contributed by atoms with Gasteiger partial charge in [0.05, 0.1) is 13.2 Å². The van der Waals surface area contributed by atoms with Gasteiger partial charge in [-0.3, -0.25) is 4.57 Å². The van der Waals surface area contributed by atoms with Gasteiger partial charge in [-0.25, -0.2) is 0 Å². The highest BCUT2D eigenvalue weighted by molar-refractivity contribution is 7.54. The van der Waals surface area contributed by atoms with Gasteiger partial charge in [-0.05, 0) is 24.5 Å². The fraction of sp³-hybridized carbons (Fsp3) is 0.294. The van der Waals surface area contributed by atoms with Crippen molar-refractivity contribution in [1.82, 2.24) is 0 Å². The van der Waals surface area contributed by atoms with Gasteiger partial charge in [-0.1, -0.05) is 53.4 Å². The zero-order valence-electron chi connectivity index (χ0n) is 13.7. The molecule has 0 heterocycles. The van der Waals surface area contributed by atoms with Gasteiger partial charge in [0.1, 0.15) is 0 Å². The van der Waals surface area contributed by atoms with Crippen molar-refractivity contribution in [2.45, 2.75) is 19.6 Å². The van der Waals surface area contributed by atoms with Gasteiger partial charge >= 0.3 is 7.60 Å². The van der Waals surface area contributed by atoms with Crippen LogP contribution in [0.4, 0.5) is 5.69 Å². The summed E-state index contributed by atoms with van der Waals surface area (Å²) in [6.07, 6.45) is 0. The van der Waals surface area contributed by atoms with Crippen molar-refractivity contribution in [3.05, 3.63) is 71.4 Å². The minimum Gasteiger partial charge on any atom is -0.594 e. The Labute approximate surface area is 141 Å². The van der Waals surface area contributed by atoms with Gasteiger partial charge in [-0.15, -0.1) is 0 Å². The Hall–Kier alpha value is -2.01. The average Bonchev–Trinajstić information content (AvgIpc) is 2.61. The predicted octanol–water partition coefficient (Wildman–Crippen LogP) is 5.25. The first-order chi connectivity index (χ1) is 11.6. The summed E-state index contributed by atoms with van der Waals surface area (Å²) in [5.41, 5.74) is 0.942. The Bertz CT molecular complexity index is 697. The standard InChI is InChI=1S/C17H21N2O4P/c1-3-22-24(21,23-4-2)17(15-11-7-5-8-12-15)18-19(20)16-13-9-6-10-14-16/h5-14,17H,3-4H2,1-2H3. The van der Waals surface area contributed by atoms with Crippen molar-refractivity contribution in [3.8, 4) is 0 Å². The lowest BCUT2D eigenvalue weighted by atomic mass is 10.2. The largest absolute Gasteiger partial charge is 0.594 e. The molecule has 2 rings (SSSR count). The maximum absolute atomic E-state index is 13.2. The smallest absolute Gasteiger partial charge is 0.365 e. The maximum atomic E-state index is 13.2. The lowest BCUT2D eigenvalue weighted by Gasteiger charge is -2.22. The van der Waals surface area contributed by atoms with E-state index in [0.29, 0.717) is 16.1 Å². The fourth-order valence-corrected chi connectivity index (χ4v) is 4.03. The van der Waals surface area contributed by atoms with E-state index in [-0.39, 0.29) is 13.2 Å². The summed E-state index contributed by atoms with van der Waals surface area (Å²) in [5.74, 6) is -1.03. The molecule has 7 heteroatoms. The molecule has 128 valence electrons. The number of azo groups is 1. The van der Waals surface area contributed by atoms with Crippen LogP contribution in [0.15, 0.2) is 65.8 Å². The summed E-state index contributed by atoms with van der Waals surface area (Å²) in [4.78, 5) is 0.461. The van der Waals surface area contributed by atoms with Crippen molar-refractivity contribution in [1.29, 1.82) is 0 Å². The molecule has 24 heavy (non-hydrogen) atoms. The minimum absolute atomic E-state index is 0.195. The van der Waals surface area contributed by atoms with Gasteiger partial charge in [0.15, 0.2) is 0 Å². The second-order valence-corrected chi connectivity index (χ2v) is 6.97. The zero-order valence-corrected chi connectivity index (χ0v) is 14.6. The molecule has 0 saturated carbocycles. The fourth-order valence-electron chi connectivity index (χ4n) is 2.20. The van der Waals surface area contributed by atoms with Crippen LogP contribution in [-0.4, -0.2) is 18.1 Å². The number of benzene rings is 2. The second kappa shape index (κ2) is 8.73. The van der Waals surface area contributed by atoms with Crippen LogP contribution in [-0.2, 0) is 13.6 Å². The van der Waals surface area contributed by atoms with Crippen molar-refractivity contribution in [3.63, 3.8) is 0 Å². The third-order valence-corrected chi connectivity index (χ3v) is 5.44. The molecule has 2 aromatic rings. The molecule has 0 fully saturated rings. The molecule has 1 atom stereocenters. The van der Waals surface area contributed by atoms with E-state index < -0.39 is 13.4 Å². The summed E-state index contributed by atoms with van der Waals surface area (Å²) in [6.45, 7) is 3.83. The third kappa shape index (κ3) is 4.51. The summed E-state index contributed by atoms with van der Waals surface area (Å²) >= 11 is 0. The normalized spacial score (nSPS) is 13.7. The number of rotatable bonds is 8. The van der Waals surface area contributed by atoms with Crippen LogP contribution >= 0.6 is 7.60 Å². The van der Waals surface area contributed by atoms with Crippen molar-refractivity contribution < 1.29 is 18.5 Å². The Balaban J connectivity index is 2.49. The van der Waals surface area contributed by atoms with Crippen molar-refractivity contribution >= 4 is 13.3 Å². The van der Waals surface area contributed by atoms with Crippen molar-refractivity contribution in [2.24, 2.45) is 5.11 Å². The number of para-hydroxylation sites is 1. The van der Waals surface area contributed by atoms with Gasteiger partial charge in [0.25, 0.3) is 0 Å². The van der Waals surface area contributed by atoms with Crippen LogP contribution in [0, 0.1) is 5.21 Å². The van der Waals surface area contributed by atoms with Gasteiger partial charge in [0.2, 0.25) is 11.5 Å². The van der Waals surface area contributed by atoms with Crippen LogP contribution in [0.5, 0.6) is 0 Å². The minimum atomic E-state index is -3.63.